The van der Waals surface area contributed by atoms with E-state index in [1.807, 2.05) is 24.4 Å². The second-order valence-corrected chi connectivity index (χ2v) is 4.67. The van der Waals surface area contributed by atoms with Crippen LogP contribution in [-0.2, 0) is 11.3 Å². The molecule has 0 saturated heterocycles. The van der Waals surface area contributed by atoms with Gasteiger partial charge in [-0.05, 0) is 24.6 Å². The Morgan fingerprint density at radius 1 is 1.35 bits per heavy atom. The summed E-state index contributed by atoms with van der Waals surface area (Å²) in [5.74, 6) is 1.71. The second-order valence-electron chi connectivity index (χ2n) is 4.67. The highest BCUT2D eigenvalue weighted by atomic mass is 16.5. The van der Waals surface area contributed by atoms with Gasteiger partial charge >= 0.3 is 0 Å². The molecule has 0 fully saturated rings. The number of rotatable bonds is 7. The quantitative estimate of drug-likeness (QED) is 0.844. The van der Waals surface area contributed by atoms with Crippen LogP contribution in [0, 0.1) is 0 Å². The topological polar surface area (TPSA) is 48.3 Å². The van der Waals surface area contributed by atoms with Crippen LogP contribution in [0.2, 0.25) is 0 Å². The summed E-state index contributed by atoms with van der Waals surface area (Å²) in [5.41, 5.74) is 1.15. The molecule has 1 aromatic heterocycles. The van der Waals surface area contributed by atoms with Crippen LogP contribution >= 0.6 is 0 Å². The number of hydrogen-bond donors (Lipinski definition) is 1. The van der Waals surface area contributed by atoms with Crippen LogP contribution in [0.1, 0.15) is 18.5 Å². The molecule has 0 amide bonds. The number of methoxy groups -OCH3 is 2. The molecule has 0 aliphatic carbocycles. The normalized spacial score (nSPS) is 12.2. The molecule has 5 nitrogen and oxygen atoms in total. The van der Waals surface area contributed by atoms with Gasteiger partial charge in [-0.3, -0.25) is 0 Å². The molecule has 20 heavy (non-hydrogen) atoms. The summed E-state index contributed by atoms with van der Waals surface area (Å²) >= 11 is 0. The van der Waals surface area contributed by atoms with E-state index in [0.29, 0.717) is 13.2 Å². The van der Waals surface area contributed by atoms with Crippen molar-refractivity contribution in [3.05, 3.63) is 42.2 Å². The molecule has 0 spiro atoms. The highest BCUT2D eigenvalue weighted by Crippen LogP contribution is 2.16. The molecule has 1 N–H and O–H groups in total. The SMILES string of the molecule is COCC(C)n1ccnc1NCc1cccc(OC)c1. The van der Waals surface area contributed by atoms with Gasteiger partial charge in [0, 0.05) is 26.0 Å². The molecular weight excluding hydrogens is 254 g/mol. The summed E-state index contributed by atoms with van der Waals surface area (Å²) in [5, 5.41) is 3.34. The lowest BCUT2D eigenvalue weighted by Crippen LogP contribution is -2.14. The minimum absolute atomic E-state index is 0.246. The third-order valence-electron chi connectivity index (χ3n) is 3.14. The Morgan fingerprint density at radius 3 is 2.95 bits per heavy atom. The van der Waals surface area contributed by atoms with Crippen LogP contribution in [0.15, 0.2) is 36.7 Å². The lowest BCUT2D eigenvalue weighted by molar-refractivity contribution is 0.163. The van der Waals surface area contributed by atoms with Crippen molar-refractivity contribution in [1.29, 1.82) is 0 Å². The summed E-state index contributed by atoms with van der Waals surface area (Å²) in [6.45, 7) is 3.46. The molecule has 108 valence electrons. The molecule has 2 aromatic rings. The van der Waals surface area contributed by atoms with Gasteiger partial charge in [-0.2, -0.15) is 0 Å². The molecular formula is C15H21N3O2. The zero-order valence-corrected chi connectivity index (χ0v) is 12.2. The van der Waals surface area contributed by atoms with E-state index < -0.39 is 0 Å². The van der Waals surface area contributed by atoms with Crippen LogP contribution in [0.4, 0.5) is 5.95 Å². The van der Waals surface area contributed by atoms with E-state index in [9.17, 15) is 0 Å². The molecule has 1 atom stereocenters. The van der Waals surface area contributed by atoms with Gasteiger partial charge in [-0.25, -0.2) is 4.98 Å². The maximum absolute atomic E-state index is 5.22. The van der Waals surface area contributed by atoms with Gasteiger partial charge < -0.3 is 19.4 Å². The van der Waals surface area contributed by atoms with E-state index in [2.05, 4.69) is 27.9 Å². The number of nitrogens with zero attached hydrogens (tertiary/aromatic N) is 2. The van der Waals surface area contributed by atoms with E-state index >= 15 is 0 Å². The average Bonchev–Trinajstić information content (AvgIpc) is 2.94. The molecule has 0 radical (unpaired) electrons. The Morgan fingerprint density at radius 2 is 2.20 bits per heavy atom. The maximum atomic E-state index is 5.22. The van der Waals surface area contributed by atoms with Crippen LogP contribution < -0.4 is 10.1 Å². The van der Waals surface area contributed by atoms with E-state index in [1.54, 1.807) is 20.4 Å². The Kier molecular flexibility index (Phi) is 5.01. The van der Waals surface area contributed by atoms with Crippen LogP contribution in [-0.4, -0.2) is 30.4 Å². The van der Waals surface area contributed by atoms with Gasteiger partial charge in [0.1, 0.15) is 5.75 Å². The first-order valence-corrected chi connectivity index (χ1v) is 6.63. The molecule has 1 aromatic carbocycles. The molecule has 0 bridgehead atoms. The summed E-state index contributed by atoms with van der Waals surface area (Å²) in [4.78, 5) is 4.34. The number of aromatic nitrogens is 2. The third kappa shape index (κ3) is 3.51. The molecule has 1 unspecified atom stereocenters. The summed E-state index contributed by atoms with van der Waals surface area (Å²) in [7, 11) is 3.38. The van der Waals surface area contributed by atoms with Crippen LogP contribution in [0.5, 0.6) is 5.75 Å². The standard InChI is InChI=1S/C15H21N3O2/c1-12(11-19-2)18-8-7-16-15(18)17-10-13-5-4-6-14(9-13)20-3/h4-9,12H,10-11H2,1-3H3,(H,16,17). The predicted molar refractivity (Wildman–Crippen MR) is 79.1 cm³/mol. The lowest BCUT2D eigenvalue weighted by Gasteiger charge is -2.16. The van der Waals surface area contributed by atoms with Crippen LogP contribution in [0.3, 0.4) is 0 Å². The van der Waals surface area contributed by atoms with Gasteiger partial charge in [0.25, 0.3) is 0 Å². The summed E-state index contributed by atoms with van der Waals surface area (Å²) < 4.78 is 12.5. The second kappa shape index (κ2) is 6.96. The predicted octanol–water partition coefficient (Wildman–Crippen LogP) is 2.71. The summed E-state index contributed by atoms with van der Waals surface area (Å²) in [6, 6.07) is 8.23. The van der Waals surface area contributed by atoms with Crippen molar-refractivity contribution in [1.82, 2.24) is 9.55 Å². The van der Waals surface area contributed by atoms with Crippen molar-refractivity contribution in [2.75, 3.05) is 26.1 Å². The fraction of sp³-hybridized carbons (Fsp3) is 0.400. The first kappa shape index (κ1) is 14.4. The molecule has 5 heteroatoms. The van der Waals surface area contributed by atoms with Gasteiger partial charge in [-0.15, -0.1) is 0 Å². The third-order valence-corrected chi connectivity index (χ3v) is 3.14. The first-order valence-electron chi connectivity index (χ1n) is 6.63. The molecule has 1 heterocycles. The number of nitrogens with one attached hydrogen (secondary N) is 1. The van der Waals surface area contributed by atoms with E-state index in [4.69, 9.17) is 9.47 Å². The first-order chi connectivity index (χ1) is 9.74. The average molecular weight is 275 g/mol. The van der Waals surface area contributed by atoms with Gasteiger partial charge in [0.2, 0.25) is 5.95 Å². The fourth-order valence-electron chi connectivity index (χ4n) is 2.09. The van der Waals surface area contributed by atoms with Crippen molar-refractivity contribution >= 4 is 5.95 Å². The van der Waals surface area contributed by atoms with E-state index in [1.165, 1.54) is 0 Å². The number of hydrogen-bond acceptors (Lipinski definition) is 4. The smallest absolute Gasteiger partial charge is 0.203 e. The van der Waals surface area contributed by atoms with Gasteiger partial charge in [-0.1, -0.05) is 12.1 Å². The summed E-state index contributed by atoms with van der Waals surface area (Å²) in [6.07, 6.45) is 3.75. The van der Waals surface area contributed by atoms with Crippen molar-refractivity contribution in [3.8, 4) is 5.75 Å². The zero-order valence-electron chi connectivity index (χ0n) is 12.2. The molecule has 0 saturated carbocycles. The van der Waals surface area contributed by atoms with E-state index in [-0.39, 0.29) is 6.04 Å². The Balaban J connectivity index is 2.02. The van der Waals surface area contributed by atoms with Gasteiger partial charge in [0.05, 0.1) is 19.8 Å². The molecule has 0 aliphatic rings. The molecule has 2 rings (SSSR count). The Bertz CT molecular complexity index is 539. The number of anilines is 1. The highest BCUT2D eigenvalue weighted by molar-refractivity contribution is 5.33. The van der Waals surface area contributed by atoms with Crippen molar-refractivity contribution in [2.45, 2.75) is 19.5 Å². The zero-order chi connectivity index (χ0) is 14.4. The minimum atomic E-state index is 0.246. The largest absolute Gasteiger partial charge is 0.497 e. The van der Waals surface area contributed by atoms with E-state index in [0.717, 1.165) is 17.3 Å². The molecule has 0 aliphatic heterocycles. The fourth-order valence-corrected chi connectivity index (χ4v) is 2.09. The Hall–Kier alpha value is -2.01. The van der Waals surface area contributed by atoms with Crippen molar-refractivity contribution < 1.29 is 9.47 Å². The lowest BCUT2D eigenvalue weighted by atomic mass is 10.2. The van der Waals surface area contributed by atoms with Crippen molar-refractivity contribution in [2.24, 2.45) is 0 Å². The maximum Gasteiger partial charge on any atom is 0.203 e. The monoisotopic (exact) mass is 275 g/mol. The minimum Gasteiger partial charge on any atom is -0.497 e. The van der Waals surface area contributed by atoms with Gasteiger partial charge in [0.15, 0.2) is 0 Å². The highest BCUT2D eigenvalue weighted by Gasteiger charge is 2.09. The number of benzene rings is 1. The Labute approximate surface area is 119 Å². The number of ether oxygens (including phenoxy) is 2. The number of imidazole rings is 1. The van der Waals surface area contributed by atoms with Crippen LogP contribution in [0.25, 0.3) is 0 Å². The van der Waals surface area contributed by atoms with Crippen molar-refractivity contribution in [3.63, 3.8) is 0 Å².